The standard InChI is InChI=1S/C10H19F3N2/c1-2-3-9(4-5-14-6-9)7-15-8-10(11,12)13/h14-15H,2-8H2,1H3. The van der Waals surface area contributed by atoms with Crippen molar-refractivity contribution < 1.29 is 13.2 Å². The Labute approximate surface area is 88.6 Å². The van der Waals surface area contributed by atoms with Crippen LogP contribution in [0.1, 0.15) is 26.2 Å². The molecule has 0 aromatic heterocycles. The minimum atomic E-state index is -4.10. The van der Waals surface area contributed by atoms with Gasteiger partial charge in [0, 0.05) is 13.1 Å². The summed E-state index contributed by atoms with van der Waals surface area (Å²) >= 11 is 0. The van der Waals surface area contributed by atoms with Gasteiger partial charge in [0.15, 0.2) is 0 Å². The third kappa shape index (κ3) is 4.38. The fraction of sp³-hybridized carbons (Fsp3) is 1.00. The number of hydrogen-bond donors (Lipinski definition) is 2. The van der Waals surface area contributed by atoms with Crippen molar-refractivity contribution in [2.24, 2.45) is 5.41 Å². The van der Waals surface area contributed by atoms with Gasteiger partial charge in [-0.1, -0.05) is 13.3 Å². The van der Waals surface area contributed by atoms with Crippen LogP contribution in [-0.2, 0) is 0 Å². The summed E-state index contributed by atoms with van der Waals surface area (Å²) in [4.78, 5) is 0. The molecule has 0 aromatic carbocycles. The number of hydrogen-bond acceptors (Lipinski definition) is 2. The van der Waals surface area contributed by atoms with Gasteiger partial charge in [-0.05, 0) is 24.8 Å². The van der Waals surface area contributed by atoms with Crippen molar-refractivity contribution in [2.45, 2.75) is 32.4 Å². The lowest BCUT2D eigenvalue weighted by Crippen LogP contribution is -2.40. The Balaban J connectivity index is 2.32. The molecule has 5 heteroatoms. The van der Waals surface area contributed by atoms with Gasteiger partial charge in [0.2, 0.25) is 0 Å². The maximum absolute atomic E-state index is 12.0. The molecular formula is C10H19F3N2. The molecule has 1 fully saturated rings. The molecule has 1 unspecified atom stereocenters. The smallest absolute Gasteiger partial charge is 0.316 e. The van der Waals surface area contributed by atoms with Crippen LogP contribution in [-0.4, -0.2) is 32.4 Å². The first kappa shape index (κ1) is 12.8. The monoisotopic (exact) mass is 224 g/mol. The minimum absolute atomic E-state index is 0.0417. The van der Waals surface area contributed by atoms with Crippen LogP contribution in [0.2, 0.25) is 0 Å². The van der Waals surface area contributed by atoms with E-state index in [9.17, 15) is 13.2 Å². The third-order valence-electron chi connectivity index (χ3n) is 2.94. The first-order valence-corrected chi connectivity index (χ1v) is 5.46. The lowest BCUT2D eigenvalue weighted by Gasteiger charge is -2.28. The van der Waals surface area contributed by atoms with Gasteiger partial charge < -0.3 is 10.6 Å². The van der Waals surface area contributed by atoms with Crippen molar-refractivity contribution in [2.75, 3.05) is 26.2 Å². The van der Waals surface area contributed by atoms with Gasteiger partial charge in [-0.2, -0.15) is 13.2 Å². The molecule has 0 amide bonds. The fourth-order valence-electron chi connectivity index (χ4n) is 2.25. The molecule has 0 saturated carbocycles. The van der Waals surface area contributed by atoms with E-state index in [4.69, 9.17) is 0 Å². The zero-order valence-electron chi connectivity index (χ0n) is 9.08. The quantitative estimate of drug-likeness (QED) is 0.745. The Hall–Kier alpha value is -0.290. The number of alkyl halides is 3. The summed E-state index contributed by atoms with van der Waals surface area (Å²) in [6.07, 6.45) is -1.11. The topological polar surface area (TPSA) is 24.1 Å². The lowest BCUT2D eigenvalue weighted by atomic mass is 9.82. The van der Waals surface area contributed by atoms with Crippen molar-refractivity contribution in [3.05, 3.63) is 0 Å². The second-order valence-corrected chi connectivity index (χ2v) is 4.40. The predicted molar refractivity (Wildman–Crippen MR) is 53.8 cm³/mol. The number of halogens is 3. The average Bonchev–Trinajstić information content (AvgIpc) is 2.52. The molecule has 0 aromatic rings. The molecule has 1 aliphatic rings. The van der Waals surface area contributed by atoms with E-state index in [1.807, 2.05) is 0 Å². The van der Waals surface area contributed by atoms with Crippen LogP contribution < -0.4 is 10.6 Å². The fourth-order valence-corrected chi connectivity index (χ4v) is 2.25. The zero-order valence-corrected chi connectivity index (χ0v) is 9.08. The van der Waals surface area contributed by atoms with Gasteiger partial charge >= 0.3 is 6.18 Å². The Morgan fingerprint density at radius 2 is 2.13 bits per heavy atom. The second kappa shape index (κ2) is 5.16. The molecule has 1 rings (SSSR count). The lowest BCUT2D eigenvalue weighted by molar-refractivity contribution is -0.125. The summed E-state index contributed by atoms with van der Waals surface area (Å²) in [6, 6.07) is 0. The summed E-state index contributed by atoms with van der Waals surface area (Å²) in [5, 5.41) is 5.75. The van der Waals surface area contributed by atoms with Gasteiger partial charge in [0.1, 0.15) is 0 Å². The maximum Gasteiger partial charge on any atom is 0.401 e. The van der Waals surface area contributed by atoms with Crippen LogP contribution in [0.15, 0.2) is 0 Å². The molecule has 1 heterocycles. The van der Waals surface area contributed by atoms with E-state index in [1.165, 1.54) is 0 Å². The van der Waals surface area contributed by atoms with E-state index in [-0.39, 0.29) is 5.41 Å². The SMILES string of the molecule is CCCC1(CNCC(F)(F)F)CCNC1. The van der Waals surface area contributed by atoms with Crippen molar-refractivity contribution >= 4 is 0 Å². The van der Waals surface area contributed by atoms with E-state index in [0.717, 1.165) is 32.4 Å². The van der Waals surface area contributed by atoms with Gasteiger partial charge in [0.05, 0.1) is 6.54 Å². The van der Waals surface area contributed by atoms with E-state index in [2.05, 4.69) is 17.6 Å². The van der Waals surface area contributed by atoms with Gasteiger partial charge in [-0.15, -0.1) is 0 Å². The summed E-state index contributed by atoms with van der Waals surface area (Å²) in [5.41, 5.74) is 0.0417. The first-order valence-electron chi connectivity index (χ1n) is 5.46. The van der Waals surface area contributed by atoms with Crippen molar-refractivity contribution in [3.63, 3.8) is 0 Å². The Kier molecular flexibility index (Phi) is 4.40. The molecule has 2 nitrogen and oxygen atoms in total. The van der Waals surface area contributed by atoms with Crippen LogP contribution in [0.5, 0.6) is 0 Å². The van der Waals surface area contributed by atoms with Crippen molar-refractivity contribution in [1.29, 1.82) is 0 Å². The van der Waals surface area contributed by atoms with Gasteiger partial charge in [-0.3, -0.25) is 0 Å². The van der Waals surface area contributed by atoms with Gasteiger partial charge in [-0.25, -0.2) is 0 Å². The molecule has 0 spiro atoms. The second-order valence-electron chi connectivity index (χ2n) is 4.40. The predicted octanol–water partition coefficient (Wildman–Crippen LogP) is 1.92. The Morgan fingerprint density at radius 1 is 1.40 bits per heavy atom. The molecular weight excluding hydrogens is 205 g/mol. The van der Waals surface area contributed by atoms with Gasteiger partial charge in [0.25, 0.3) is 0 Å². The van der Waals surface area contributed by atoms with Crippen LogP contribution in [0.4, 0.5) is 13.2 Å². The summed E-state index contributed by atoms with van der Waals surface area (Å²) in [7, 11) is 0. The van der Waals surface area contributed by atoms with Crippen molar-refractivity contribution in [1.82, 2.24) is 10.6 Å². The number of nitrogens with one attached hydrogen (secondary N) is 2. The number of rotatable bonds is 5. The molecule has 2 N–H and O–H groups in total. The molecule has 0 aliphatic carbocycles. The minimum Gasteiger partial charge on any atom is -0.316 e. The molecule has 90 valence electrons. The van der Waals surface area contributed by atoms with Crippen LogP contribution in [0.25, 0.3) is 0 Å². The zero-order chi connectivity index (χ0) is 11.4. The summed E-state index contributed by atoms with van der Waals surface area (Å²) < 4.78 is 35.9. The average molecular weight is 224 g/mol. The highest BCUT2D eigenvalue weighted by Gasteiger charge is 2.34. The van der Waals surface area contributed by atoms with Crippen molar-refractivity contribution in [3.8, 4) is 0 Å². The van der Waals surface area contributed by atoms with E-state index in [1.54, 1.807) is 0 Å². The molecule has 0 bridgehead atoms. The third-order valence-corrected chi connectivity index (χ3v) is 2.94. The molecule has 0 radical (unpaired) electrons. The highest BCUT2D eigenvalue weighted by molar-refractivity contribution is 4.89. The Morgan fingerprint density at radius 3 is 2.60 bits per heavy atom. The highest BCUT2D eigenvalue weighted by atomic mass is 19.4. The van der Waals surface area contributed by atoms with E-state index in [0.29, 0.717) is 6.54 Å². The summed E-state index contributed by atoms with van der Waals surface area (Å²) in [5.74, 6) is 0. The highest BCUT2D eigenvalue weighted by Crippen LogP contribution is 2.30. The van der Waals surface area contributed by atoms with Crippen LogP contribution in [0, 0.1) is 5.41 Å². The summed E-state index contributed by atoms with van der Waals surface area (Å²) in [6.45, 7) is 3.43. The Bertz CT molecular complexity index is 186. The van der Waals surface area contributed by atoms with E-state index < -0.39 is 12.7 Å². The largest absolute Gasteiger partial charge is 0.401 e. The maximum atomic E-state index is 12.0. The van der Waals surface area contributed by atoms with Crippen LogP contribution >= 0.6 is 0 Å². The molecule has 1 atom stereocenters. The first-order chi connectivity index (χ1) is 6.97. The van der Waals surface area contributed by atoms with Crippen LogP contribution in [0.3, 0.4) is 0 Å². The molecule has 1 saturated heterocycles. The molecule has 1 aliphatic heterocycles. The molecule has 15 heavy (non-hydrogen) atoms. The van der Waals surface area contributed by atoms with E-state index >= 15 is 0 Å². The normalized spacial score (nSPS) is 27.2.